The highest BCUT2D eigenvalue weighted by molar-refractivity contribution is 6.08. The van der Waals surface area contributed by atoms with Crippen molar-refractivity contribution in [3.8, 4) is 0 Å². The van der Waals surface area contributed by atoms with E-state index in [1.807, 2.05) is 0 Å². The summed E-state index contributed by atoms with van der Waals surface area (Å²) < 4.78 is 0. The third kappa shape index (κ3) is 2.66. The highest BCUT2D eigenvalue weighted by atomic mass is 14.0. The Bertz CT molecular complexity index is 1280. The molecule has 0 aliphatic carbocycles. The van der Waals surface area contributed by atoms with E-state index < -0.39 is 0 Å². The standard InChI is InChI=1S/C26H18/c1-2-7-24-17-19(11-13-21(24)5-1)9-10-20-12-14-23-16-15-22-6-3-4-8-25(22)26(23)18-20/h1-18H/b10-9+. The van der Waals surface area contributed by atoms with Crippen LogP contribution in [0.1, 0.15) is 11.1 Å². The molecule has 0 nitrogen and oxygen atoms in total. The Morgan fingerprint density at radius 1 is 0.385 bits per heavy atom. The topological polar surface area (TPSA) is 0 Å². The molecular weight excluding hydrogens is 312 g/mol. The van der Waals surface area contributed by atoms with Crippen LogP contribution in [0.4, 0.5) is 0 Å². The molecule has 122 valence electrons. The zero-order chi connectivity index (χ0) is 17.3. The fraction of sp³-hybridized carbons (Fsp3) is 0. The second-order valence-corrected chi connectivity index (χ2v) is 6.71. The van der Waals surface area contributed by atoms with Crippen LogP contribution in [0.3, 0.4) is 0 Å². The molecule has 0 saturated carbocycles. The normalized spacial score (nSPS) is 11.7. The van der Waals surface area contributed by atoms with Gasteiger partial charge in [0.05, 0.1) is 0 Å². The molecular formula is C26H18. The molecule has 0 radical (unpaired) electrons. The first kappa shape index (κ1) is 14.9. The Labute approximate surface area is 153 Å². The van der Waals surface area contributed by atoms with E-state index in [4.69, 9.17) is 0 Å². The number of fused-ring (bicyclic) bond motifs is 4. The molecule has 0 aliphatic heterocycles. The quantitative estimate of drug-likeness (QED) is 0.235. The molecule has 0 amide bonds. The van der Waals surface area contributed by atoms with E-state index in [1.165, 1.54) is 43.4 Å². The minimum Gasteiger partial charge on any atom is -0.0616 e. The average molecular weight is 330 g/mol. The summed E-state index contributed by atoms with van der Waals surface area (Å²) in [5.41, 5.74) is 2.45. The van der Waals surface area contributed by atoms with Crippen molar-refractivity contribution in [2.45, 2.75) is 0 Å². The van der Waals surface area contributed by atoms with Crippen molar-refractivity contribution < 1.29 is 0 Å². The Morgan fingerprint density at radius 2 is 0.923 bits per heavy atom. The third-order valence-corrected chi connectivity index (χ3v) is 5.01. The molecule has 0 saturated heterocycles. The molecule has 0 atom stereocenters. The van der Waals surface area contributed by atoms with Gasteiger partial charge in [-0.2, -0.15) is 0 Å². The summed E-state index contributed by atoms with van der Waals surface area (Å²) in [4.78, 5) is 0. The minimum absolute atomic E-state index is 1.22. The van der Waals surface area contributed by atoms with E-state index in [1.54, 1.807) is 0 Å². The lowest BCUT2D eigenvalue weighted by molar-refractivity contribution is 1.70. The summed E-state index contributed by atoms with van der Waals surface area (Å²) in [5, 5.41) is 7.75. The number of rotatable bonds is 2. The summed E-state index contributed by atoms with van der Waals surface area (Å²) in [7, 11) is 0. The van der Waals surface area contributed by atoms with E-state index >= 15 is 0 Å². The monoisotopic (exact) mass is 330 g/mol. The van der Waals surface area contributed by atoms with Crippen molar-refractivity contribution in [2.75, 3.05) is 0 Å². The number of hydrogen-bond acceptors (Lipinski definition) is 0. The molecule has 0 spiro atoms. The van der Waals surface area contributed by atoms with E-state index in [2.05, 4.69) is 109 Å². The maximum atomic E-state index is 2.29. The van der Waals surface area contributed by atoms with Gasteiger partial charge in [-0.3, -0.25) is 0 Å². The summed E-state index contributed by atoms with van der Waals surface area (Å²) in [6.45, 7) is 0. The van der Waals surface area contributed by atoms with Gasteiger partial charge >= 0.3 is 0 Å². The van der Waals surface area contributed by atoms with Crippen molar-refractivity contribution in [3.05, 3.63) is 108 Å². The van der Waals surface area contributed by atoms with Gasteiger partial charge in [0.2, 0.25) is 0 Å². The first-order chi connectivity index (χ1) is 12.9. The van der Waals surface area contributed by atoms with Crippen LogP contribution in [0, 0.1) is 0 Å². The molecule has 0 fully saturated rings. The molecule has 0 unspecified atom stereocenters. The fourth-order valence-electron chi connectivity index (χ4n) is 3.63. The van der Waals surface area contributed by atoms with E-state index in [9.17, 15) is 0 Å². The maximum absolute atomic E-state index is 2.29. The zero-order valence-corrected chi connectivity index (χ0v) is 14.4. The van der Waals surface area contributed by atoms with Gasteiger partial charge in [0.1, 0.15) is 0 Å². The highest BCUT2D eigenvalue weighted by Crippen LogP contribution is 2.27. The van der Waals surface area contributed by atoms with Crippen molar-refractivity contribution in [1.29, 1.82) is 0 Å². The van der Waals surface area contributed by atoms with Gasteiger partial charge in [-0.1, -0.05) is 97.1 Å². The van der Waals surface area contributed by atoms with Crippen LogP contribution < -0.4 is 0 Å². The van der Waals surface area contributed by atoms with Crippen LogP contribution in [-0.4, -0.2) is 0 Å². The van der Waals surface area contributed by atoms with Gasteiger partial charge in [-0.05, 0) is 55.6 Å². The van der Waals surface area contributed by atoms with Gasteiger partial charge in [0.15, 0.2) is 0 Å². The lowest BCUT2D eigenvalue weighted by atomic mass is 9.99. The molecule has 0 aromatic heterocycles. The molecule has 5 aromatic rings. The molecule has 0 heteroatoms. The van der Waals surface area contributed by atoms with Crippen LogP contribution in [0.15, 0.2) is 97.1 Å². The highest BCUT2D eigenvalue weighted by Gasteiger charge is 2.00. The molecule has 0 bridgehead atoms. The lowest BCUT2D eigenvalue weighted by Crippen LogP contribution is -1.80. The molecule has 26 heavy (non-hydrogen) atoms. The van der Waals surface area contributed by atoms with Gasteiger partial charge < -0.3 is 0 Å². The summed E-state index contributed by atoms with van der Waals surface area (Å²) in [5.74, 6) is 0. The Balaban J connectivity index is 1.57. The predicted octanol–water partition coefficient (Wildman–Crippen LogP) is 7.32. The first-order valence-electron chi connectivity index (χ1n) is 8.95. The van der Waals surface area contributed by atoms with Gasteiger partial charge in [0.25, 0.3) is 0 Å². The van der Waals surface area contributed by atoms with E-state index in [0.29, 0.717) is 0 Å². The maximum Gasteiger partial charge on any atom is -0.00995 e. The molecule has 0 aliphatic rings. The lowest BCUT2D eigenvalue weighted by Gasteiger charge is -2.05. The van der Waals surface area contributed by atoms with Crippen LogP contribution in [0.25, 0.3) is 44.5 Å². The Morgan fingerprint density at radius 3 is 1.73 bits per heavy atom. The summed E-state index contributed by atoms with van der Waals surface area (Å²) in [6, 6.07) is 34.7. The average Bonchev–Trinajstić information content (AvgIpc) is 2.72. The summed E-state index contributed by atoms with van der Waals surface area (Å²) in [6.07, 6.45) is 4.39. The van der Waals surface area contributed by atoms with E-state index in [0.717, 1.165) is 0 Å². The Hall–Kier alpha value is -3.38. The SMILES string of the molecule is C(=C\c1ccc2ccc3ccccc3c2c1)/c1ccc2ccccc2c1. The zero-order valence-electron chi connectivity index (χ0n) is 14.4. The third-order valence-electron chi connectivity index (χ3n) is 5.01. The first-order valence-corrected chi connectivity index (χ1v) is 8.95. The summed E-state index contributed by atoms with van der Waals surface area (Å²) >= 11 is 0. The fourth-order valence-corrected chi connectivity index (χ4v) is 3.63. The van der Waals surface area contributed by atoms with Crippen LogP contribution in [0.5, 0.6) is 0 Å². The minimum atomic E-state index is 1.22. The smallest absolute Gasteiger partial charge is 0.00995 e. The van der Waals surface area contributed by atoms with Crippen molar-refractivity contribution in [2.24, 2.45) is 0 Å². The van der Waals surface area contributed by atoms with Gasteiger partial charge in [-0.15, -0.1) is 0 Å². The van der Waals surface area contributed by atoms with Crippen molar-refractivity contribution >= 4 is 44.5 Å². The van der Waals surface area contributed by atoms with Crippen LogP contribution in [-0.2, 0) is 0 Å². The van der Waals surface area contributed by atoms with E-state index in [-0.39, 0.29) is 0 Å². The van der Waals surface area contributed by atoms with Crippen molar-refractivity contribution in [1.82, 2.24) is 0 Å². The second kappa shape index (κ2) is 6.16. The van der Waals surface area contributed by atoms with Gasteiger partial charge in [0, 0.05) is 0 Å². The van der Waals surface area contributed by atoms with Crippen molar-refractivity contribution in [3.63, 3.8) is 0 Å². The number of benzene rings is 5. The molecule has 5 aromatic carbocycles. The predicted molar refractivity (Wildman–Crippen MR) is 114 cm³/mol. The molecule has 0 N–H and O–H groups in total. The molecule has 0 heterocycles. The number of hydrogen-bond donors (Lipinski definition) is 0. The van der Waals surface area contributed by atoms with Crippen LogP contribution in [0.2, 0.25) is 0 Å². The van der Waals surface area contributed by atoms with Crippen LogP contribution >= 0.6 is 0 Å². The largest absolute Gasteiger partial charge is 0.0616 e. The Kier molecular flexibility index (Phi) is 3.54. The second-order valence-electron chi connectivity index (χ2n) is 6.71. The van der Waals surface area contributed by atoms with Gasteiger partial charge in [-0.25, -0.2) is 0 Å². The molecule has 5 rings (SSSR count).